The van der Waals surface area contributed by atoms with Crippen LogP contribution in [0.2, 0.25) is 0 Å². The first-order valence-electron chi connectivity index (χ1n) is 10.5. The number of ether oxygens (including phenoxy) is 2. The summed E-state index contributed by atoms with van der Waals surface area (Å²) < 4.78 is 11.4. The molecule has 2 N–H and O–H groups in total. The molecule has 4 rings (SSSR count). The summed E-state index contributed by atoms with van der Waals surface area (Å²) >= 11 is 0. The predicted octanol–water partition coefficient (Wildman–Crippen LogP) is 3.29. The lowest BCUT2D eigenvalue weighted by molar-refractivity contribution is -0.111. The van der Waals surface area contributed by atoms with Gasteiger partial charge in [-0.25, -0.2) is 4.98 Å². The number of fused-ring (bicyclic) bond motifs is 1. The van der Waals surface area contributed by atoms with E-state index in [1.165, 1.54) is 0 Å². The number of nitrogens with one attached hydrogen (secondary N) is 2. The summed E-state index contributed by atoms with van der Waals surface area (Å²) in [5.41, 5.74) is 3.29. The molecule has 0 spiro atoms. The number of morpholine rings is 1. The minimum Gasteiger partial charge on any atom is -0.491 e. The Morgan fingerprint density at radius 2 is 2.10 bits per heavy atom. The zero-order valence-electron chi connectivity index (χ0n) is 17.6. The van der Waals surface area contributed by atoms with E-state index in [1.54, 1.807) is 6.92 Å². The molecular weight excluding hydrogens is 392 g/mol. The Morgan fingerprint density at radius 1 is 1.26 bits per heavy atom. The van der Waals surface area contributed by atoms with Gasteiger partial charge in [0.1, 0.15) is 11.6 Å². The van der Waals surface area contributed by atoms with E-state index in [4.69, 9.17) is 9.47 Å². The lowest BCUT2D eigenvalue weighted by Crippen LogP contribution is -2.37. The number of anilines is 1. The minimum atomic E-state index is -0.373. The van der Waals surface area contributed by atoms with Crippen molar-refractivity contribution < 1.29 is 14.3 Å². The largest absolute Gasteiger partial charge is 0.491 e. The molecule has 1 aliphatic rings. The molecule has 1 saturated heterocycles. The van der Waals surface area contributed by atoms with Crippen molar-refractivity contribution in [3.05, 3.63) is 42.5 Å². The van der Waals surface area contributed by atoms with Gasteiger partial charge in [0.15, 0.2) is 0 Å². The highest BCUT2D eigenvalue weighted by molar-refractivity contribution is 6.05. The Morgan fingerprint density at radius 3 is 2.90 bits per heavy atom. The first-order chi connectivity index (χ1) is 15.2. The first-order valence-corrected chi connectivity index (χ1v) is 10.5. The second-order valence-corrected chi connectivity index (χ2v) is 7.30. The first kappa shape index (κ1) is 20.9. The summed E-state index contributed by atoms with van der Waals surface area (Å²) in [6.07, 6.45) is 0.896. The molecule has 0 bridgehead atoms. The van der Waals surface area contributed by atoms with Crippen LogP contribution in [0, 0.1) is 11.8 Å². The van der Waals surface area contributed by atoms with Crippen LogP contribution < -0.4 is 10.1 Å². The zero-order chi connectivity index (χ0) is 21.5. The number of benzene rings is 2. The summed E-state index contributed by atoms with van der Waals surface area (Å²) in [6.45, 7) is 6.66. The summed E-state index contributed by atoms with van der Waals surface area (Å²) in [4.78, 5) is 22.4. The highest BCUT2D eigenvalue weighted by Crippen LogP contribution is 2.31. The molecule has 1 fully saturated rings. The van der Waals surface area contributed by atoms with Crippen molar-refractivity contribution in [2.45, 2.75) is 13.3 Å². The predicted molar refractivity (Wildman–Crippen MR) is 121 cm³/mol. The number of H-pyrrole nitrogens is 1. The topological polar surface area (TPSA) is 79.5 Å². The number of nitrogens with zero attached hydrogens (tertiary/aromatic N) is 2. The van der Waals surface area contributed by atoms with Crippen molar-refractivity contribution in [2.24, 2.45) is 0 Å². The molecule has 1 aromatic heterocycles. The van der Waals surface area contributed by atoms with Gasteiger partial charge in [0.2, 0.25) is 0 Å². The maximum Gasteiger partial charge on any atom is 0.300 e. The fourth-order valence-electron chi connectivity index (χ4n) is 3.55. The maximum atomic E-state index is 12.1. The second-order valence-electron chi connectivity index (χ2n) is 7.30. The molecule has 0 saturated carbocycles. The third-order valence-electron chi connectivity index (χ3n) is 5.11. The van der Waals surface area contributed by atoms with Gasteiger partial charge in [-0.05, 0) is 49.6 Å². The van der Waals surface area contributed by atoms with E-state index in [2.05, 4.69) is 32.0 Å². The van der Waals surface area contributed by atoms with Crippen LogP contribution in [0.3, 0.4) is 0 Å². The standard InChI is InChI=1S/C24H26N4O3/c1-2-6-23(29)25-21-17-18(24-26-19-7-3-4-8-20(19)27-24)9-10-22(21)31-14-5-11-28-12-15-30-16-13-28/h3-4,7-10,17H,5,11-16H2,1H3,(H,25,29)(H,26,27). The second kappa shape index (κ2) is 10.1. The lowest BCUT2D eigenvalue weighted by Gasteiger charge is -2.26. The average Bonchev–Trinajstić information content (AvgIpc) is 3.23. The average molecular weight is 418 g/mol. The molecule has 1 aliphatic heterocycles. The minimum absolute atomic E-state index is 0.373. The summed E-state index contributed by atoms with van der Waals surface area (Å²) in [5, 5.41) is 2.84. The van der Waals surface area contributed by atoms with Crippen LogP contribution in [-0.4, -0.2) is 60.2 Å². The summed E-state index contributed by atoms with van der Waals surface area (Å²) in [7, 11) is 0. The molecule has 160 valence electrons. The van der Waals surface area contributed by atoms with Gasteiger partial charge in [0.05, 0.1) is 36.5 Å². The molecule has 0 unspecified atom stereocenters. The number of para-hydroxylation sites is 2. The molecule has 7 heteroatoms. The van der Waals surface area contributed by atoms with Crippen molar-refractivity contribution in [1.29, 1.82) is 0 Å². The number of aromatic nitrogens is 2. The van der Waals surface area contributed by atoms with Gasteiger partial charge in [0.25, 0.3) is 5.91 Å². The van der Waals surface area contributed by atoms with Crippen LogP contribution in [0.15, 0.2) is 42.5 Å². The molecule has 2 heterocycles. The Hall–Kier alpha value is -3.34. The molecule has 31 heavy (non-hydrogen) atoms. The van der Waals surface area contributed by atoms with E-state index in [0.29, 0.717) is 18.0 Å². The number of carbonyl (C=O) groups excluding carboxylic acids is 1. The van der Waals surface area contributed by atoms with Crippen LogP contribution in [0.5, 0.6) is 5.75 Å². The fraction of sp³-hybridized carbons (Fsp3) is 0.333. The van der Waals surface area contributed by atoms with Crippen molar-refractivity contribution in [3.63, 3.8) is 0 Å². The number of imidazole rings is 1. The third-order valence-corrected chi connectivity index (χ3v) is 5.11. The van der Waals surface area contributed by atoms with Crippen LogP contribution in [0.25, 0.3) is 22.4 Å². The number of hydrogen-bond donors (Lipinski definition) is 2. The van der Waals surface area contributed by atoms with E-state index in [0.717, 1.165) is 61.7 Å². The van der Waals surface area contributed by atoms with Gasteiger partial charge >= 0.3 is 0 Å². The Balaban J connectivity index is 1.49. The molecule has 0 radical (unpaired) electrons. The number of amides is 1. The van der Waals surface area contributed by atoms with E-state index in [1.807, 2.05) is 42.5 Å². The van der Waals surface area contributed by atoms with E-state index < -0.39 is 0 Å². The van der Waals surface area contributed by atoms with Gasteiger partial charge in [-0.15, -0.1) is 0 Å². The lowest BCUT2D eigenvalue weighted by atomic mass is 10.1. The molecule has 0 aliphatic carbocycles. The van der Waals surface area contributed by atoms with Gasteiger partial charge in [0, 0.05) is 25.2 Å². The van der Waals surface area contributed by atoms with Crippen molar-refractivity contribution >= 4 is 22.6 Å². The normalized spacial score (nSPS) is 14.1. The summed E-state index contributed by atoms with van der Waals surface area (Å²) in [6, 6.07) is 13.5. The third kappa shape index (κ3) is 5.43. The Labute approximate surface area is 181 Å². The van der Waals surface area contributed by atoms with Gasteiger partial charge in [-0.3, -0.25) is 9.69 Å². The van der Waals surface area contributed by atoms with E-state index in [-0.39, 0.29) is 5.91 Å². The van der Waals surface area contributed by atoms with Crippen LogP contribution in [0.4, 0.5) is 5.69 Å². The van der Waals surface area contributed by atoms with Gasteiger partial charge < -0.3 is 19.8 Å². The smallest absolute Gasteiger partial charge is 0.300 e. The molecule has 2 aromatic carbocycles. The van der Waals surface area contributed by atoms with Crippen molar-refractivity contribution in [1.82, 2.24) is 14.9 Å². The number of hydrogen-bond acceptors (Lipinski definition) is 5. The van der Waals surface area contributed by atoms with Crippen LogP contribution in [0.1, 0.15) is 13.3 Å². The molecule has 7 nitrogen and oxygen atoms in total. The number of rotatable bonds is 7. The van der Waals surface area contributed by atoms with Gasteiger partial charge in [-0.2, -0.15) is 0 Å². The molecular formula is C24H26N4O3. The zero-order valence-corrected chi connectivity index (χ0v) is 17.6. The Bertz CT molecular complexity index is 1070. The number of aromatic amines is 1. The summed E-state index contributed by atoms with van der Waals surface area (Å²) in [5.74, 6) is 6.12. The quantitative estimate of drug-likeness (QED) is 0.455. The highest BCUT2D eigenvalue weighted by Gasteiger charge is 2.13. The highest BCUT2D eigenvalue weighted by atomic mass is 16.5. The SMILES string of the molecule is CC#CC(=O)Nc1cc(-c2nc3ccccc3[nH]2)ccc1OCCCN1CCOCC1. The Kier molecular flexibility index (Phi) is 6.82. The fourth-order valence-corrected chi connectivity index (χ4v) is 3.55. The van der Waals surface area contributed by atoms with Crippen LogP contribution >= 0.6 is 0 Å². The molecule has 3 aromatic rings. The molecule has 0 atom stereocenters. The van der Waals surface area contributed by atoms with E-state index >= 15 is 0 Å². The maximum absolute atomic E-state index is 12.1. The van der Waals surface area contributed by atoms with Crippen LogP contribution in [-0.2, 0) is 9.53 Å². The van der Waals surface area contributed by atoms with Gasteiger partial charge in [-0.1, -0.05) is 18.1 Å². The van der Waals surface area contributed by atoms with Crippen molar-refractivity contribution in [2.75, 3.05) is 44.8 Å². The van der Waals surface area contributed by atoms with E-state index in [9.17, 15) is 4.79 Å². The van der Waals surface area contributed by atoms with Crippen molar-refractivity contribution in [3.8, 4) is 29.0 Å². The monoisotopic (exact) mass is 418 g/mol. The molecule has 1 amide bonds. The number of carbonyl (C=O) groups is 1.